The lowest BCUT2D eigenvalue weighted by Gasteiger charge is -2.07. The van der Waals surface area contributed by atoms with E-state index >= 15 is 0 Å². The van der Waals surface area contributed by atoms with E-state index in [4.69, 9.17) is 4.42 Å². The van der Waals surface area contributed by atoms with Crippen LogP contribution in [0.15, 0.2) is 75.1 Å². The summed E-state index contributed by atoms with van der Waals surface area (Å²) in [4.78, 5) is 12.4. The lowest BCUT2D eigenvalue weighted by molar-refractivity contribution is 0.0991. The first kappa shape index (κ1) is 17.0. The van der Waals surface area contributed by atoms with E-state index in [0.717, 1.165) is 11.1 Å². The summed E-state index contributed by atoms with van der Waals surface area (Å²) in [5, 5.41) is 2.47. The third kappa shape index (κ3) is 3.49. The number of carbonyl (C=O) groups is 1. The fourth-order valence-corrected chi connectivity index (χ4v) is 3.63. The molecule has 1 aromatic heterocycles. The zero-order chi connectivity index (χ0) is 18.0. The Kier molecular flexibility index (Phi) is 4.46. The fourth-order valence-electron chi connectivity index (χ4n) is 2.44. The van der Waals surface area contributed by atoms with Crippen LogP contribution >= 0.6 is 0 Å². The van der Waals surface area contributed by atoms with Crippen LogP contribution in [0.1, 0.15) is 21.7 Å². The first-order chi connectivity index (χ1) is 11.9. The maximum atomic E-state index is 12.5. The van der Waals surface area contributed by atoms with Crippen LogP contribution in [0.5, 0.6) is 0 Å². The molecule has 25 heavy (non-hydrogen) atoms. The number of carbonyl (C=O) groups excluding carboxylic acids is 1. The summed E-state index contributed by atoms with van der Waals surface area (Å²) in [7, 11) is -3.78. The number of amides is 1. The van der Waals surface area contributed by atoms with E-state index in [0.29, 0.717) is 5.69 Å². The number of aryl methyl sites for hydroxylation is 2. The summed E-state index contributed by atoms with van der Waals surface area (Å²) in [6, 6.07) is 16.2. The van der Waals surface area contributed by atoms with Gasteiger partial charge in [0.1, 0.15) is 0 Å². The summed E-state index contributed by atoms with van der Waals surface area (Å²) in [5.74, 6) is -0.559. The maximum absolute atomic E-state index is 12.5. The van der Waals surface area contributed by atoms with E-state index in [1.807, 2.05) is 26.0 Å². The summed E-state index contributed by atoms with van der Waals surface area (Å²) in [5.41, 5.74) is 2.65. The smallest absolute Gasteiger partial charge is 0.291 e. The van der Waals surface area contributed by atoms with Crippen LogP contribution in [0.4, 0.5) is 5.69 Å². The second-order valence-corrected chi connectivity index (χ2v) is 7.59. The van der Waals surface area contributed by atoms with E-state index in [-0.39, 0.29) is 15.7 Å². The monoisotopic (exact) mass is 355 g/mol. The Bertz CT molecular complexity index is 1020. The number of sulfone groups is 1. The summed E-state index contributed by atoms with van der Waals surface area (Å²) >= 11 is 0. The Morgan fingerprint density at radius 1 is 0.960 bits per heavy atom. The highest BCUT2D eigenvalue weighted by Gasteiger charge is 2.23. The van der Waals surface area contributed by atoms with Crippen LogP contribution in [-0.4, -0.2) is 14.3 Å². The molecule has 5 nitrogen and oxygen atoms in total. The van der Waals surface area contributed by atoms with Gasteiger partial charge in [-0.1, -0.05) is 35.9 Å². The average Bonchev–Trinajstić information content (AvgIpc) is 3.09. The van der Waals surface area contributed by atoms with E-state index in [2.05, 4.69) is 5.32 Å². The van der Waals surface area contributed by atoms with Crippen molar-refractivity contribution in [3.05, 3.63) is 77.6 Å². The summed E-state index contributed by atoms with van der Waals surface area (Å²) < 4.78 is 30.3. The Morgan fingerprint density at radius 3 is 2.36 bits per heavy atom. The van der Waals surface area contributed by atoms with Gasteiger partial charge < -0.3 is 9.73 Å². The van der Waals surface area contributed by atoms with Gasteiger partial charge in [-0.25, -0.2) is 8.42 Å². The number of hydrogen-bond acceptors (Lipinski definition) is 4. The molecule has 1 N–H and O–H groups in total. The van der Waals surface area contributed by atoms with Gasteiger partial charge in [-0.15, -0.1) is 0 Å². The Labute approximate surface area is 146 Å². The number of rotatable bonds is 4. The highest BCUT2D eigenvalue weighted by Crippen LogP contribution is 2.24. The zero-order valence-corrected chi connectivity index (χ0v) is 14.6. The van der Waals surface area contributed by atoms with Gasteiger partial charge in [0.05, 0.1) is 4.90 Å². The van der Waals surface area contributed by atoms with E-state index < -0.39 is 15.7 Å². The van der Waals surface area contributed by atoms with Gasteiger partial charge in [-0.3, -0.25) is 4.79 Å². The highest BCUT2D eigenvalue weighted by atomic mass is 32.2. The van der Waals surface area contributed by atoms with Crippen LogP contribution in [0.25, 0.3) is 0 Å². The maximum Gasteiger partial charge on any atom is 0.291 e. The predicted molar refractivity (Wildman–Crippen MR) is 94.5 cm³/mol. The Balaban J connectivity index is 1.85. The molecule has 0 aliphatic carbocycles. The molecule has 0 spiro atoms. The summed E-state index contributed by atoms with van der Waals surface area (Å²) in [6.07, 6.45) is 0. The number of hydrogen-bond donors (Lipinski definition) is 1. The van der Waals surface area contributed by atoms with Crippen LogP contribution in [0.2, 0.25) is 0 Å². The van der Waals surface area contributed by atoms with Crippen molar-refractivity contribution < 1.29 is 17.6 Å². The number of anilines is 1. The van der Waals surface area contributed by atoms with Crippen molar-refractivity contribution in [3.63, 3.8) is 0 Å². The van der Waals surface area contributed by atoms with Crippen molar-refractivity contribution in [1.29, 1.82) is 0 Å². The number of nitrogens with one attached hydrogen (secondary N) is 1. The molecule has 1 heterocycles. The molecule has 0 unspecified atom stereocenters. The van der Waals surface area contributed by atoms with Gasteiger partial charge in [-0.2, -0.15) is 0 Å². The quantitative estimate of drug-likeness (QED) is 0.768. The fraction of sp³-hybridized carbons (Fsp3) is 0.105. The third-order valence-electron chi connectivity index (χ3n) is 3.75. The van der Waals surface area contributed by atoms with Crippen LogP contribution in [0.3, 0.4) is 0 Å². The molecule has 6 heteroatoms. The SMILES string of the molecule is Cc1ccc(NC(=O)c2ccc(S(=O)(=O)c3ccccc3)o2)c(C)c1. The molecule has 0 fully saturated rings. The third-order valence-corrected chi connectivity index (χ3v) is 5.40. The number of furan rings is 1. The lowest BCUT2D eigenvalue weighted by atomic mass is 10.1. The second kappa shape index (κ2) is 6.57. The zero-order valence-electron chi connectivity index (χ0n) is 13.8. The Morgan fingerprint density at radius 2 is 1.68 bits per heavy atom. The van der Waals surface area contributed by atoms with Crippen molar-refractivity contribution >= 4 is 21.4 Å². The van der Waals surface area contributed by atoms with Gasteiger partial charge in [0.2, 0.25) is 14.9 Å². The molecule has 0 aliphatic heterocycles. The summed E-state index contributed by atoms with van der Waals surface area (Å²) in [6.45, 7) is 3.85. The molecule has 3 rings (SSSR count). The van der Waals surface area contributed by atoms with Crippen molar-refractivity contribution in [2.45, 2.75) is 23.8 Å². The Hall–Kier alpha value is -2.86. The van der Waals surface area contributed by atoms with E-state index in [9.17, 15) is 13.2 Å². The van der Waals surface area contributed by atoms with Gasteiger partial charge in [0, 0.05) is 5.69 Å². The molecular weight excluding hydrogens is 338 g/mol. The topological polar surface area (TPSA) is 76.4 Å². The molecule has 3 aromatic rings. The van der Waals surface area contributed by atoms with Gasteiger partial charge in [0.25, 0.3) is 5.91 Å². The standard InChI is InChI=1S/C19H17NO4S/c1-13-8-9-16(14(2)12-13)20-19(21)17-10-11-18(24-17)25(22,23)15-6-4-3-5-7-15/h3-12H,1-2H3,(H,20,21). The van der Waals surface area contributed by atoms with Crippen LogP contribution < -0.4 is 5.32 Å². The molecule has 0 radical (unpaired) electrons. The minimum atomic E-state index is -3.78. The second-order valence-electron chi connectivity index (χ2n) is 5.71. The molecule has 2 aromatic carbocycles. The molecule has 0 atom stereocenters. The van der Waals surface area contributed by atoms with Crippen LogP contribution in [-0.2, 0) is 9.84 Å². The molecule has 1 amide bonds. The molecular formula is C19H17NO4S. The minimum absolute atomic E-state index is 0.0607. The molecule has 0 saturated carbocycles. The van der Waals surface area contributed by atoms with E-state index in [1.54, 1.807) is 24.3 Å². The minimum Gasteiger partial charge on any atom is -0.439 e. The van der Waals surface area contributed by atoms with Crippen molar-refractivity contribution in [2.75, 3.05) is 5.32 Å². The van der Waals surface area contributed by atoms with Crippen molar-refractivity contribution in [1.82, 2.24) is 0 Å². The lowest BCUT2D eigenvalue weighted by Crippen LogP contribution is -2.12. The predicted octanol–water partition coefficient (Wildman–Crippen LogP) is 3.98. The van der Waals surface area contributed by atoms with Crippen molar-refractivity contribution in [2.24, 2.45) is 0 Å². The average molecular weight is 355 g/mol. The molecule has 0 bridgehead atoms. The van der Waals surface area contributed by atoms with Gasteiger partial charge >= 0.3 is 0 Å². The van der Waals surface area contributed by atoms with E-state index in [1.165, 1.54) is 24.3 Å². The molecule has 128 valence electrons. The molecule has 0 aliphatic rings. The normalized spacial score (nSPS) is 11.3. The van der Waals surface area contributed by atoms with Crippen molar-refractivity contribution in [3.8, 4) is 0 Å². The highest BCUT2D eigenvalue weighted by molar-refractivity contribution is 7.91. The first-order valence-corrected chi connectivity index (χ1v) is 9.15. The first-order valence-electron chi connectivity index (χ1n) is 7.66. The largest absolute Gasteiger partial charge is 0.439 e. The number of benzene rings is 2. The van der Waals surface area contributed by atoms with Gasteiger partial charge in [-0.05, 0) is 49.7 Å². The van der Waals surface area contributed by atoms with Gasteiger partial charge in [0.15, 0.2) is 5.76 Å². The van der Waals surface area contributed by atoms with Crippen LogP contribution in [0, 0.1) is 13.8 Å². The molecule has 0 saturated heterocycles.